The fourth-order valence-corrected chi connectivity index (χ4v) is 4.55. The Balaban J connectivity index is 1.43. The smallest absolute Gasteiger partial charge is 0.335 e. The van der Waals surface area contributed by atoms with Gasteiger partial charge in [-0.1, -0.05) is 71.7 Å². The number of hydrogen-bond donors (Lipinski definition) is 1. The Morgan fingerprint density at radius 2 is 1.64 bits per heavy atom. The van der Waals surface area contributed by atoms with E-state index in [1.54, 1.807) is 18.2 Å². The van der Waals surface area contributed by atoms with Gasteiger partial charge in [-0.15, -0.1) is 0 Å². The van der Waals surface area contributed by atoms with Crippen LogP contribution in [0.25, 0.3) is 16.8 Å². The SMILES string of the molecule is CCOc1cc(/C=C2\C(=O)NC(=O)N(c3ccc(Cl)c(Cl)c3)C2=O)ccc1OCc1cccc2ccccc12. The Morgan fingerprint density at radius 1 is 0.846 bits per heavy atom. The molecule has 7 nitrogen and oxygen atoms in total. The number of amides is 4. The summed E-state index contributed by atoms with van der Waals surface area (Å²) in [5.74, 6) is -0.640. The predicted octanol–water partition coefficient (Wildman–Crippen LogP) is 6.79. The third-order valence-corrected chi connectivity index (χ3v) is 6.84. The van der Waals surface area contributed by atoms with Crippen molar-refractivity contribution in [2.24, 2.45) is 0 Å². The number of imide groups is 2. The van der Waals surface area contributed by atoms with E-state index in [4.69, 9.17) is 32.7 Å². The molecule has 1 saturated heterocycles. The van der Waals surface area contributed by atoms with Crippen molar-refractivity contribution in [3.63, 3.8) is 0 Å². The van der Waals surface area contributed by atoms with E-state index < -0.39 is 17.8 Å². The summed E-state index contributed by atoms with van der Waals surface area (Å²) in [6.07, 6.45) is 1.39. The maximum atomic E-state index is 13.2. The van der Waals surface area contributed by atoms with E-state index in [0.29, 0.717) is 30.3 Å². The van der Waals surface area contributed by atoms with E-state index in [1.165, 1.54) is 24.3 Å². The van der Waals surface area contributed by atoms with E-state index in [0.717, 1.165) is 21.2 Å². The molecule has 9 heteroatoms. The molecule has 0 aromatic heterocycles. The topological polar surface area (TPSA) is 84.9 Å². The van der Waals surface area contributed by atoms with Crippen LogP contribution in [0, 0.1) is 0 Å². The van der Waals surface area contributed by atoms with Crippen molar-refractivity contribution in [1.29, 1.82) is 0 Å². The largest absolute Gasteiger partial charge is 0.490 e. The van der Waals surface area contributed by atoms with E-state index >= 15 is 0 Å². The van der Waals surface area contributed by atoms with Crippen molar-refractivity contribution in [1.82, 2.24) is 5.32 Å². The number of barbiturate groups is 1. The Hall–Kier alpha value is -4.33. The Morgan fingerprint density at radius 3 is 2.44 bits per heavy atom. The van der Waals surface area contributed by atoms with Crippen LogP contribution in [-0.2, 0) is 16.2 Å². The van der Waals surface area contributed by atoms with Crippen LogP contribution < -0.4 is 19.7 Å². The van der Waals surface area contributed by atoms with Crippen LogP contribution in [0.2, 0.25) is 10.0 Å². The first kappa shape index (κ1) is 26.3. The number of nitrogens with zero attached hydrogens (tertiary/aromatic N) is 1. The van der Waals surface area contributed by atoms with Crippen molar-refractivity contribution in [3.8, 4) is 11.5 Å². The number of halogens is 2. The Labute approximate surface area is 234 Å². The summed E-state index contributed by atoms with van der Waals surface area (Å²) < 4.78 is 11.9. The molecule has 4 amide bonds. The number of nitrogens with one attached hydrogen (secondary N) is 1. The molecule has 39 heavy (non-hydrogen) atoms. The predicted molar refractivity (Wildman–Crippen MR) is 151 cm³/mol. The zero-order chi connectivity index (χ0) is 27.5. The number of carbonyl (C=O) groups is 3. The Kier molecular flexibility index (Phi) is 7.54. The van der Waals surface area contributed by atoms with E-state index in [2.05, 4.69) is 5.32 Å². The van der Waals surface area contributed by atoms with Crippen molar-refractivity contribution < 1.29 is 23.9 Å². The highest BCUT2D eigenvalue weighted by Crippen LogP contribution is 2.33. The number of fused-ring (bicyclic) bond motifs is 1. The first-order valence-corrected chi connectivity index (χ1v) is 12.8. The lowest BCUT2D eigenvalue weighted by Gasteiger charge is -2.26. The number of anilines is 1. The Bertz CT molecular complexity index is 1640. The summed E-state index contributed by atoms with van der Waals surface area (Å²) in [7, 11) is 0. The molecule has 1 heterocycles. The average molecular weight is 561 g/mol. The van der Waals surface area contributed by atoms with Crippen molar-refractivity contribution in [2.45, 2.75) is 13.5 Å². The minimum Gasteiger partial charge on any atom is -0.490 e. The molecule has 196 valence electrons. The summed E-state index contributed by atoms with van der Waals surface area (Å²) >= 11 is 12.0. The van der Waals surface area contributed by atoms with Crippen molar-refractivity contribution in [3.05, 3.63) is 106 Å². The van der Waals surface area contributed by atoms with Crippen molar-refractivity contribution >= 4 is 63.6 Å². The summed E-state index contributed by atoms with van der Waals surface area (Å²) in [5, 5.41) is 4.84. The molecule has 0 spiro atoms. The van der Waals surface area contributed by atoms with Gasteiger partial charge in [-0.25, -0.2) is 9.69 Å². The molecule has 0 aliphatic carbocycles. The normalized spacial score (nSPS) is 14.6. The number of ether oxygens (including phenoxy) is 2. The van der Waals surface area contributed by atoms with Gasteiger partial charge in [-0.3, -0.25) is 14.9 Å². The molecule has 1 N–H and O–H groups in total. The molecule has 4 aromatic rings. The van der Waals surface area contributed by atoms with Crippen LogP contribution in [0.4, 0.5) is 10.5 Å². The lowest BCUT2D eigenvalue weighted by molar-refractivity contribution is -0.122. The average Bonchev–Trinajstić information content (AvgIpc) is 2.92. The van der Waals surface area contributed by atoms with Gasteiger partial charge in [-0.2, -0.15) is 0 Å². The molecule has 0 radical (unpaired) electrons. The number of benzene rings is 4. The van der Waals surface area contributed by atoms with Crippen molar-refractivity contribution in [2.75, 3.05) is 11.5 Å². The number of urea groups is 1. The third kappa shape index (κ3) is 5.46. The van der Waals surface area contributed by atoms with E-state index in [-0.39, 0.29) is 21.3 Å². The van der Waals surface area contributed by atoms with Gasteiger partial charge >= 0.3 is 6.03 Å². The second-order valence-corrected chi connectivity index (χ2v) is 9.44. The molecule has 1 aliphatic rings. The summed E-state index contributed by atoms with van der Waals surface area (Å²) in [4.78, 5) is 39.2. The standard InChI is InChI=1S/C30H22Cl2N2O5/c1-2-38-27-15-18(10-13-26(27)39-17-20-8-5-7-19-6-3-4-9-22(19)20)14-23-28(35)33-30(37)34(29(23)36)21-11-12-24(31)25(32)16-21/h3-16H,2,17H2,1H3,(H,33,35,37)/b23-14+. The maximum absolute atomic E-state index is 13.2. The highest BCUT2D eigenvalue weighted by molar-refractivity contribution is 6.43. The lowest BCUT2D eigenvalue weighted by Crippen LogP contribution is -2.54. The van der Waals surface area contributed by atoms with E-state index in [9.17, 15) is 14.4 Å². The molecule has 5 rings (SSSR count). The van der Waals surface area contributed by atoms with Crippen LogP contribution in [0.5, 0.6) is 11.5 Å². The molecule has 1 fully saturated rings. The van der Waals surface area contributed by atoms with Crippen LogP contribution in [0.15, 0.2) is 84.4 Å². The van der Waals surface area contributed by atoms with Crippen LogP contribution in [0.3, 0.4) is 0 Å². The zero-order valence-electron chi connectivity index (χ0n) is 20.7. The molecule has 0 atom stereocenters. The van der Waals surface area contributed by atoms with Crippen LogP contribution in [-0.4, -0.2) is 24.5 Å². The fourth-order valence-electron chi connectivity index (χ4n) is 4.26. The number of rotatable bonds is 7. The van der Waals surface area contributed by atoms with Gasteiger partial charge in [0.2, 0.25) is 0 Å². The maximum Gasteiger partial charge on any atom is 0.335 e. The van der Waals surface area contributed by atoms with Gasteiger partial charge < -0.3 is 9.47 Å². The summed E-state index contributed by atoms with van der Waals surface area (Å²) in [6.45, 7) is 2.55. The molecular weight excluding hydrogens is 539 g/mol. The first-order chi connectivity index (χ1) is 18.9. The number of carbonyl (C=O) groups excluding carboxylic acids is 3. The zero-order valence-corrected chi connectivity index (χ0v) is 22.3. The molecule has 4 aromatic carbocycles. The van der Waals surface area contributed by atoms with Crippen LogP contribution in [0.1, 0.15) is 18.1 Å². The lowest BCUT2D eigenvalue weighted by atomic mass is 10.1. The minimum absolute atomic E-state index is 0.164. The molecule has 0 unspecified atom stereocenters. The quantitative estimate of drug-likeness (QED) is 0.198. The second kappa shape index (κ2) is 11.2. The second-order valence-electron chi connectivity index (χ2n) is 8.62. The van der Waals surface area contributed by atoms with Gasteiger partial charge in [-0.05, 0) is 65.2 Å². The van der Waals surface area contributed by atoms with Gasteiger partial charge in [0.05, 0.1) is 22.3 Å². The van der Waals surface area contributed by atoms with Crippen LogP contribution >= 0.6 is 23.2 Å². The van der Waals surface area contributed by atoms with Gasteiger partial charge in [0.15, 0.2) is 11.5 Å². The molecule has 0 saturated carbocycles. The van der Waals surface area contributed by atoms with Gasteiger partial charge in [0, 0.05) is 0 Å². The third-order valence-electron chi connectivity index (χ3n) is 6.10. The monoisotopic (exact) mass is 560 g/mol. The summed E-state index contributed by atoms with van der Waals surface area (Å²) in [5.41, 5.74) is 1.49. The highest BCUT2D eigenvalue weighted by atomic mass is 35.5. The van der Waals surface area contributed by atoms with Gasteiger partial charge in [0.25, 0.3) is 11.8 Å². The first-order valence-electron chi connectivity index (χ1n) is 12.1. The van der Waals surface area contributed by atoms with Gasteiger partial charge in [0.1, 0.15) is 12.2 Å². The molecule has 0 bridgehead atoms. The van der Waals surface area contributed by atoms with E-state index in [1.807, 2.05) is 49.4 Å². The molecule has 1 aliphatic heterocycles. The minimum atomic E-state index is -0.882. The molecular formula is C30H22Cl2N2O5. The fraction of sp³-hybridized carbons (Fsp3) is 0.100. The highest BCUT2D eigenvalue weighted by Gasteiger charge is 2.37. The number of hydrogen-bond acceptors (Lipinski definition) is 5. The summed E-state index contributed by atoms with van der Waals surface area (Å²) in [6, 6.07) is 22.6.